The number of pyridine rings is 1. The molecule has 1 N–H and O–H groups in total. The lowest BCUT2D eigenvalue weighted by atomic mass is 10.2. The van der Waals surface area contributed by atoms with Gasteiger partial charge in [0.25, 0.3) is 0 Å². The molecule has 62 valence electrons. The molecule has 2 aromatic heterocycles. The number of hydrogen-bond acceptors (Lipinski definition) is 1. The Bertz CT molecular complexity index is 431. The van der Waals surface area contributed by atoms with Crippen LogP contribution in [0.1, 0.15) is 11.3 Å². The van der Waals surface area contributed by atoms with Crippen LogP contribution in [-0.4, -0.2) is 9.97 Å². The Morgan fingerprint density at radius 3 is 2.92 bits per heavy atom. The van der Waals surface area contributed by atoms with Crippen molar-refractivity contribution in [2.75, 3.05) is 0 Å². The number of aromatic nitrogens is 2. The van der Waals surface area contributed by atoms with E-state index in [0.29, 0.717) is 0 Å². The zero-order chi connectivity index (χ0) is 8.72. The molecule has 3 heteroatoms. The van der Waals surface area contributed by atoms with Gasteiger partial charge in [-0.1, -0.05) is 0 Å². The van der Waals surface area contributed by atoms with Crippen molar-refractivity contribution in [3.63, 3.8) is 0 Å². The van der Waals surface area contributed by atoms with Crippen molar-refractivity contribution in [3.05, 3.63) is 28.0 Å². The van der Waals surface area contributed by atoms with Crippen LogP contribution in [0.25, 0.3) is 11.0 Å². The number of aromatic amines is 1. The van der Waals surface area contributed by atoms with Gasteiger partial charge in [-0.3, -0.25) is 0 Å². The number of nitrogens with one attached hydrogen (secondary N) is 1. The maximum Gasteiger partial charge on any atom is 0.137 e. The Balaban J connectivity index is 2.94. The van der Waals surface area contributed by atoms with Gasteiger partial charge in [0.15, 0.2) is 0 Å². The summed E-state index contributed by atoms with van der Waals surface area (Å²) in [6, 6.07) is 2.04. The van der Waals surface area contributed by atoms with E-state index in [2.05, 4.69) is 32.8 Å². The zero-order valence-corrected chi connectivity index (χ0v) is 8.57. The lowest BCUT2D eigenvalue weighted by molar-refractivity contribution is 1.18. The lowest BCUT2D eigenvalue weighted by Gasteiger charge is -2.02. The highest BCUT2D eigenvalue weighted by Gasteiger charge is 2.06. The van der Waals surface area contributed by atoms with Gasteiger partial charge >= 0.3 is 0 Å². The summed E-state index contributed by atoms with van der Waals surface area (Å²) >= 11 is 3.51. The maximum atomic E-state index is 4.39. The van der Waals surface area contributed by atoms with Crippen LogP contribution in [0.15, 0.2) is 16.7 Å². The third kappa shape index (κ3) is 0.966. The molecule has 0 radical (unpaired) electrons. The fourth-order valence-corrected chi connectivity index (χ4v) is 1.66. The SMILES string of the molecule is Cc1nc2[nH]ccc2c(C)c1Br. The van der Waals surface area contributed by atoms with Crippen molar-refractivity contribution in [3.8, 4) is 0 Å². The molecular formula is C9H9BrN2. The van der Waals surface area contributed by atoms with Crippen LogP contribution in [-0.2, 0) is 0 Å². The molecule has 0 saturated heterocycles. The number of hydrogen-bond donors (Lipinski definition) is 1. The van der Waals surface area contributed by atoms with E-state index < -0.39 is 0 Å². The molecule has 0 aliphatic heterocycles. The standard InChI is InChI=1S/C9H9BrN2/c1-5-7-3-4-11-9(7)12-6(2)8(5)10/h3-4H,1-2H3,(H,11,12). The van der Waals surface area contributed by atoms with Gasteiger partial charge in [0, 0.05) is 16.1 Å². The van der Waals surface area contributed by atoms with Gasteiger partial charge in [-0.15, -0.1) is 0 Å². The average Bonchev–Trinajstić information content (AvgIpc) is 2.48. The molecule has 2 nitrogen and oxygen atoms in total. The van der Waals surface area contributed by atoms with Crippen molar-refractivity contribution in [1.29, 1.82) is 0 Å². The van der Waals surface area contributed by atoms with Crippen molar-refractivity contribution < 1.29 is 0 Å². The molecule has 0 spiro atoms. The quantitative estimate of drug-likeness (QED) is 0.733. The molecule has 0 atom stereocenters. The molecule has 2 aromatic rings. The van der Waals surface area contributed by atoms with Crippen molar-refractivity contribution in [2.24, 2.45) is 0 Å². The first-order valence-electron chi connectivity index (χ1n) is 3.80. The van der Waals surface area contributed by atoms with E-state index in [1.165, 1.54) is 10.9 Å². The summed E-state index contributed by atoms with van der Waals surface area (Å²) in [5.41, 5.74) is 3.24. The van der Waals surface area contributed by atoms with E-state index in [-0.39, 0.29) is 0 Å². The highest BCUT2D eigenvalue weighted by atomic mass is 79.9. The minimum absolute atomic E-state index is 0.966. The number of aryl methyl sites for hydroxylation is 2. The summed E-state index contributed by atoms with van der Waals surface area (Å²) in [4.78, 5) is 7.49. The Kier molecular flexibility index (Phi) is 1.68. The fraction of sp³-hybridized carbons (Fsp3) is 0.222. The third-order valence-corrected chi connectivity index (χ3v) is 3.22. The third-order valence-electron chi connectivity index (χ3n) is 2.06. The van der Waals surface area contributed by atoms with E-state index in [1.54, 1.807) is 0 Å². The second kappa shape index (κ2) is 2.59. The minimum atomic E-state index is 0.966. The highest BCUT2D eigenvalue weighted by molar-refractivity contribution is 9.10. The summed E-state index contributed by atoms with van der Waals surface area (Å²) in [6.07, 6.45) is 1.91. The van der Waals surface area contributed by atoms with Gasteiger partial charge in [-0.25, -0.2) is 4.98 Å². The Labute approximate surface area is 79.1 Å². The molecule has 0 aliphatic carbocycles. The van der Waals surface area contributed by atoms with Gasteiger partial charge in [-0.2, -0.15) is 0 Å². The Morgan fingerprint density at radius 2 is 2.17 bits per heavy atom. The summed E-state index contributed by atoms with van der Waals surface area (Å²) in [5, 5.41) is 1.19. The first kappa shape index (κ1) is 7.80. The first-order chi connectivity index (χ1) is 5.70. The smallest absolute Gasteiger partial charge is 0.137 e. The second-order valence-electron chi connectivity index (χ2n) is 2.88. The molecule has 0 aliphatic rings. The van der Waals surface area contributed by atoms with Gasteiger partial charge in [0.2, 0.25) is 0 Å². The molecule has 0 aromatic carbocycles. The Hall–Kier alpha value is -0.830. The fourth-order valence-electron chi connectivity index (χ4n) is 1.36. The summed E-state index contributed by atoms with van der Waals surface area (Å²) in [5.74, 6) is 0. The van der Waals surface area contributed by atoms with Gasteiger partial charge in [0.05, 0.1) is 5.69 Å². The molecule has 0 fully saturated rings. The molecule has 12 heavy (non-hydrogen) atoms. The van der Waals surface area contributed by atoms with Gasteiger partial charge in [0.1, 0.15) is 5.65 Å². The van der Waals surface area contributed by atoms with E-state index in [4.69, 9.17) is 0 Å². The number of nitrogens with zero attached hydrogens (tertiary/aromatic N) is 1. The molecule has 0 unspecified atom stereocenters. The van der Waals surface area contributed by atoms with Crippen LogP contribution in [0.5, 0.6) is 0 Å². The molecule has 2 rings (SSSR count). The minimum Gasteiger partial charge on any atom is -0.346 e. The number of H-pyrrole nitrogens is 1. The number of halogens is 1. The van der Waals surface area contributed by atoms with Crippen LogP contribution < -0.4 is 0 Å². The monoisotopic (exact) mass is 224 g/mol. The highest BCUT2D eigenvalue weighted by Crippen LogP contribution is 2.25. The first-order valence-corrected chi connectivity index (χ1v) is 4.59. The van der Waals surface area contributed by atoms with Crippen molar-refractivity contribution >= 4 is 27.0 Å². The summed E-state index contributed by atoms with van der Waals surface area (Å²) in [6.45, 7) is 4.09. The normalized spacial score (nSPS) is 10.9. The topological polar surface area (TPSA) is 28.7 Å². The van der Waals surface area contributed by atoms with Crippen molar-refractivity contribution in [1.82, 2.24) is 9.97 Å². The zero-order valence-electron chi connectivity index (χ0n) is 6.98. The van der Waals surface area contributed by atoms with Crippen LogP contribution in [0, 0.1) is 13.8 Å². The average molecular weight is 225 g/mol. The predicted octanol–water partition coefficient (Wildman–Crippen LogP) is 2.94. The Morgan fingerprint density at radius 1 is 1.42 bits per heavy atom. The van der Waals surface area contributed by atoms with E-state index >= 15 is 0 Å². The lowest BCUT2D eigenvalue weighted by Crippen LogP contribution is -1.88. The number of rotatable bonds is 0. The molecule has 2 heterocycles. The second-order valence-corrected chi connectivity index (χ2v) is 3.67. The van der Waals surface area contributed by atoms with E-state index in [1.807, 2.05) is 19.2 Å². The van der Waals surface area contributed by atoms with E-state index in [0.717, 1.165) is 15.8 Å². The van der Waals surface area contributed by atoms with Crippen molar-refractivity contribution in [2.45, 2.75) is 13.8 Å². The predicted molar refractivity (Wildman–Crippen MR) is 53.3 cm³/mol. The molecule has 0 saturated carbocycles. The van der Waals surface area contributed by atoms with Crippen LogP contribution in [0.3, 0.4) is 0 Å². The van der Waals surface area contributed by atoms with Crippen LogP contribution >= 0.6 is 15.9 Å². The maximum absolute atomic E-state index is 4.39. The number of fused-ring (bicyclic) bond motifs is 1. The summed E-state index contributed by atoms with van der Waals surface area (Å²) in [7, 11) is 0. The molecule has 0 amide bonds. The van der Waals surface area contributed by atoms with E-state index in [9.17, 15) is 0 Å². The van der Waals surface area contributed by atoms with Gasteiger partial charge < -0.3 is 4.98 Å². The van der Waals surface area contributed by atoms with Crippen LogP contribution in [0.4, 0.5) is 0 Å². The largest absolute Gasteiger partial charge is 0.346 e. The van der Waals surface area contributed by atoms with Gasteiger partial charge in [-0.05, 0) is 41.4 Å². The molecular weight excluding hydrogens is 216 g/mol. The van der Waals surface area contributed by atoms with Crippen LogP contribution in [0.2, 0.25) is 0 Å². The molecule has 0 bridgehead atoms. The summed E-state index contributed by atoms with van der Waals surface area (Å²) < 4.78 is 1.11.